The van der Waals surface area contributed by atoms with E-state index in [9.17, 15) is 8.42 Å². The maximum absolute atomic E-state index is 11.3. The molecule has 0 spiro atoms. The zero-order chi connectivity index (χ0) is 12.4. The van der Waals surface area contributed by atoms with Gasteiger partial charge in [0.25, 0.3) is 0 Å². The highest BCUT2D eigenvalue weighted by Crippen LogP contribution is 2.00. The number of halogens is 1. The first-order valence-electron chi connectivity index (χ1n) is 5.56. The third kappa shape index (κ3) is 9.39. The van der Waals surface area contributed by atoms with E-state index in [0.717, 1.165) is 13.0 Å². The molecule has 1 unspecified atom stereocenters. The van der Waals surface area contributed by atoms with Gasteiger partial charge < -0.3 is 10.1 Å². The Labute approximate surface area is 104 Å². The first-order valence-corrected chi connectivity index (χ1v) is 7.81. The highest BCUT2D eigenvalue weighted by Gasteiger charge is 2.08. The molecular weight excluding hydrogens is 250 g/mol. The van der Waals surface area contributed by atoms with Crippen LogP contribution in [0.5, 0.6) is 0 Å². The van der Waals surface area contributed by atoms with Crippen LogP contribution in [0.4, 0.5) is 0 Å². The molecule has 0 aromatic carbocycles. The molecule has 1 N–H and O–H groups in total. The lowest BCUT2D eigenvalue weighted by atomic mass is 10.3. The Morgan fingerprint density at radius 1 is 1.31 bits per heavy atom. The lowest BCUT2D eigenvalue weighted by Gasteiger charge is -2.09. The smallest absolute Gasteiger partial charge is 0.151 e. The SMILES string of the molecule is CCCS(=O)(=O)CCNCCC(Cl)COC. The molecule has 4 nitrogen and oxygen atoms in total. The van der Waals surface area contributed by atoms with E-state index in [1.165, 1.54) is 0 Å². The van der Waals surface area contributed by atoms with Crippen molar-refractivity contribution in [1.29, 1.82) is 0 Å². The summed E-state index contributed by atoms with van der Waals surface area (Å²) in [5.74, 6) is 0.481. The van der Waals surface area contributed by atoms with Crippen molar-refractivity contribution in [2.24, 2.45) is 0 Å². The largest absolute Gasteiger partial charge is 0.383 e. The van der Waals surface area contributed by atoms with Crippen LogP contribution in [0.2, 0.25) is 0 Å². The summed E-state index contributed by atoms with van der Waals surface area (Å²) in [4.78, 5) is 0. The number of hydrogen-bond acceptors (Lipinski definition) is 4. The number of sulfone groups is 1. The fourth-order valence-corrected chi connectivity index (χ4v) is 2.81. The minimum absolute atomic E-state index is 0.00949. The fraction of sp³-hybridized carbons (Fsp3) is 1.00. The molecule has 0 aliphatic heterocycles. The van der Waals surface area contributed by atoms with Gasteiger partial charge in [-0.1, -0.05) is 6.92 Å². The molecule has 98 valence electrons. The van der Waals surface area contributed by atoms with Crippen LogP contribution in [0, 0.1) is 0 Å². The second kappa shape index (κ2) is 9.22. The lowest BCUT2D eigenvalue weighted by molar-refractivity contribution is 0.195. The monoisotopic (exact) mass is 271 g/mol. The number of methoxy groups -OCH3 is 1. The Hall–Kier alpha value is 0.160. The summed E-state index contributed by atoms with van der Waals surface area (Å²) in [6.07, 6.45) is 1.46. The van der Waals surface area contributed by atoms with Gasteiger partial charge in [-0.3, -0.25) is 0 Å². The van der Waals surface area contributed by atoms with E-state index in [1.807, 2.05) is 6.92 Å². The summed E-state index contributed by atoms with van der Waals surface area (Å²) in [6, 6.07) is 0. The van der Waals surface area contributed by atoms with Crippen molar-refractivity contribution in [3.05, 3.63) is 0 Å². The van der Waals surface area contributed by atoms with Crippen LogP contribution in [0.15, 0.2) is 0 Å². The summed E-state index contributed by atoms with van der Waals surface area (Å²) in [5, 5.41) is 3.06. The summed E-state index contributed by atoms with van der Waals surface area (Å²) < 4.78 is 27.6. The molecule has 0 radical (unpaired) electrons. The van der Waals surface area contributed by atoms with E-state index < -0.39 is 9.84 Å². The van der Waals surface area contributed by atoms with Crippen molar-refractivity contribution in [2.45, 2.75) is 25.1 Å². The van der Waals surface area contributed by atoms with Gasteiger partial charge in [-0.05, 0) is 19.4 Å². The van der Waals surface area contributed by atoms with Gasteiger partial charge in [0, 0.05) is 19.4 Å². The van der Waals surface area contributed by atoms with E-state index in [-0.39, 0.29) is 16.9 Å². The second-order valence-corrected chi connectivity index (χ2v) is 6.66. The highest BCUT2D eigenvalue weighted by atomic mass is 35.5. The lowest BCUT2D eigenvalue weighted by Crippen LogP contribution is -2.27. The van der Waals surface area contributed by atoms with Crippen molar-refractivity contribution < 1.29 is 13.2 Å². The number of alkyl halides is 1. The summed E-state index contributed by atoms with van der Waals surface area (Å²) in [5.41, 5.74) is 0. The topological polar surface area (TPSA) is 55.4 Å². The molecular formula is C10H22ClNO3S. The zero-order valence-corrected chi connectivity index (χ0v) is 11.6. The fourth-order valence-electron chi connectivity index (χ4n) is 1.29. The van der Waals surface area contributed by atoms with Crippen molar-refractivity contribution in [1.82, 2.24) is 5.32 Å². The van der Waals surface area contributed by atoms with Gasteiger partial charge in [0.2, 0.25) is 0 Å². The molecule has 0 amide bonds. The molecule has 0 heterocycles. The third-order valence-electron chi connectivity index (χ3n) is 2.09. The predicted octanol–water partition coefficient (Wildman–Crippen LogP) is 1.04. The number of ether oxygens (including phenoxy) is 1. The second-order valence-electron chi connectivity index (χ2n) is 3.74. The maximum atomic E-state index is 11.3. The summed E-state index contributed by atoms with van der Waals surface area (Å²) in [6.45, 7) is 3.61. The number of rotatable bonds is 10. The van der Waals surface area contributed by atoms with Gasteiger partial charge in [0.1, 0.15) is 0 Å². The molecule has 16 heavy (non-hydrogen) atoms. The Balaban J connectivity index is 3.46. The molecule has 0 fully saturated rings. The molecule has 1 atom stereocenters. The van der Waals surface area contributed by atoms with Crippen LogP contribution in [-0.2, 0) is 14.6 Å². The Morgan fingerprint density at radius 2 is 2.00 bits per heavy atom. The van der Waals surface area contributed by atoms with E-state index in [4.69, 9.17) is 16.3 Å². The molecule has 0 aromatic rings. The van der Waals surface area contributed by atoms with Crippen LogP contribution in [-0.4, -0.2) is 52.1 Å². The van der Waals surface area contributed by atoms with Gasteiger partial charge in [0.15, 0.2) is 9.84 Å². The van der Waals surface area contributed by atoms with Crippen LogP contribution >= 0.6 is 11.6 Å². The van der Waals surface area contributed by atoms with Gasteiger partial charge in [0.05, 0.1) is 17.7 Å². The van der Waals surface area contributed by atoms with E-state index in [1.54, 1.807) is 7.11 Å². The Kier molecular flexibility index (Phi) is 9.31. The van der Waals surface area contributed by atoms with Crippen LogP contribution in [0.3, 0.4) is 0 Å². The molecule has 0 rings (SSSR count). The normalized spacial score (nSPS) is 13.9. The third-order valence-corrected chi connectivity index (χ3v) is 4.29. The minimum Gasteiger partial charge on any atom is -0.383 e. The molecule has 6 heteroatoms. The molecule has 0 saturated carbocycles. The van der Waals surface area contributed by atoms with Crippen molar-refractivity contribution in [3.8, 4) is 0 Å². The minimum atomic E-state index is -2.86. The quantitative estimate of drug-likeness (QED) is 0.477. The van der Waals surface area contributed by atoms with Crippen molar-refractivity contribution in [3.63, 3.8) is 0 Å². The van der Waals surface area contributed by atoms with E-state index in [2.05, 4.69) is 5.32 Å². The van der Waals surface area contributed by atoms with Gasteiger partial charge in [-0.25, -0.2) is 8.42 Å². The van der Waals surface area contributed by atoms with E-state index in [0.29, 0.717) is 19.6 Å². The zero-order valence-electron chi connectivity index (χ0n) is 10.0. The molecule has 0 aliphatic rings. The van der Waals surface area contributed by atoms with Gasteiger partial charge >= 0.3 is 0 Å². The standard InChI is InChI=1S/C10H22ClNO3S/c1-3-7-16(13,14)8-6-12-5-4-10(11)9-15-2/h10,12H,3-9H2,1-2H3. The van der Waals surface area contributed by atoms with Crippen molar-refractivity contribution >= 4 is 21.4 Å². The average molecular weight is 272 g/mol. The number of nitrogens with one attached hydrogen (secondary N) is 1. The summed E-state index contributed by atoms with van der Waals surface area (Å²) in [7, 11) is -1.25. The first-order chi connectivity index (χ1) is 7.52. The van der Waals surface area contributed by atoms with Crippen LogP contribution in [0.1, 0.15) is 19.8 Å². The molecule has 0 aliphatic carbocycles. The van der Waals surface area contributed by atoms with Crippen LogP contribution < -0.4 is 5.32 Å². The molecule has 0 bridgehead atoms. The average Bonchev–Trinajstić information content (AvgIpc) is 2.17. The Bertz CT molecular complexity index is 257. The predicted molar refractivity (Wildman–Crippen MR) is 67.9 cm³/mol. The van der Waals surface area contributed by atoms with Crippen molar-refractivity contribution in [2.75, 3.05) is 38.3 Å². The molecule has 0 aromatic heterocycles. The van der Waals surface area contributed by atoms with Crippen LogP contribution in [0.25, 0.3) is 0 Å². The van der Waals surface area contributed by atoms with E-state index >= 15 is 0 Å². The van der Waals surface area contributed by atoms with Gasteiger partial charge in [-0.15, -0.1) is 11.6 Å². The van der Waals surface area contributed by atoms with Gasteiger partial charge in [-0.2, -0.15) is 0 Å². The first kappa shape index (κ1) is 16.2. The summed E-state index contributed by atoms with van der Waals surface area (Å²) >= 11 is 5.92. The maximum Gasteiger partial charge on any atom is 0.151 e. The number of hydrogen-bond donors (Lipinski definition) is 1. The molecule has 0 saturated heterocycles. The Morgan fingerprint density at radius 3 is 2.56 bits per heavy atom. The highest BCUT2D eigenvalue weighted by molar-refractivity contribution is 7.91.